The summed E-state index contributed by atoms with van der Waals surface area (Å²) in [6.45, 7) is 3.54. The largest absolute Gasteiger partial charge is 0.392 e. The number of halogens is 1. The summed E-state index contributed by atoms with van der Waals surface area (Å²) in [5, 5.41) is 12.5. The maximum atomic E-state index is 12.5. The number of aliphatic hydroxyl groups is 1. The van der Waals surface area contributed by atoms with Crippen LogP contribution in [0.5, 0.6) is 0 Å². The second kappa shape index (κ2) is 6.24. The second-order valence-corrected chi connectivity index (χ2v) is 5.77. The molecule has 1 heterocycles. The van der Waals surface area contributed by atoms with E-state index in [1.165, 1.54) is 0 Å². The van der Waals surface area contributed by atoms with E-state index in [0.29, 0.717) is 16.3 Å². The summed E-state index contributed by atoms with van der Waals surface area (Å²) in [7, 11) is 0. The average Bonchev–Trinajstić information content (AvgIpc) is 2.47. The predicted octanol–water partition coefficient (Wildman–Crippen LogP) is 3.14. The van der Waals surface area contributed by atoms with Gasteiger partial charge in [-0.2, -0.15) is 0 Å². The fourth-order valence-corrected chi connectivity index (χ4v) is 2.13. The predicted molar refractivity (Wildman–Crippen MR) is 83.3 cm³/mol. The fraction of sp³-hybridized carbons (Fsp3) is 0.250. The Balaban J connectivity index is 2.22. The van der Waals surface area contributed by atoms with E-state index < -0.39 is 5.41 Å². The molecule has 1 amide bonds. The van der Waals surface area contributed by atoms with Gasteiger partial charge < -0.3 is 10.4 Å². The molecule has 1 aromatic carbocycles. The number of anilines is 1. The van der Waals surface area contributed by atoms with Crippen LogP contribution >= 0.6 is 11.6 Å². The lowest BCUT2D eigenvalue weighted by molar-refractivity contribution is -0.120. The third-order valence-electron chi connectivity index (χ3n) is 3.35. The number of nitrogens with one attached hydrogen (secondary N) is 1. The Morgan fingerprint density at radius 1 is 1.33 bits per heavy atom. The zero-order valence-electron chi connectivity index (χ0n) is 11.9. The van der Waals surface area contributed by atoms with Crippen molar-refractivity contribution in [1.29, 1.82) is 0 Å². The quantitative estimate of drug-likeness (QED) is 0.912. The maximum Gasteiger partial charge on any atom is 0.234 e. The van der Waals surface area contributed by atoms with E-state index in [4.69, 9.17) is 16.7 Å². The maximum absolute atomic E-state index is 12.5. The molecular weight excluding hydrogens is 288 g/mol. The lowest BCUT2D eigenvalue weighted by Gasteiger charge is -2.24. The number of nitrogens with zero attached hydrogens (tertiary/aromatic N) is 1. The summed E-state index contributed by atoms with van der Waals surface area (Å²) >= 11 is 5.99. The van der Waals surface area contributed by atoms with Crippen LogP contribution < -0.4 is 5.32 Å². The van der Waals surface area contributed by atoms with Gasteiger partial charge >= 0.3 is 0 Å². The van der Waals surface area contributed by atoms with Gasteiger partial charge in [-0.25, -0.2) is 0 Å². The van der Waals surface area contributed by atoms with E-state index in [-0.39, 0.29) is 12.5 Å². The van der Waals surface area contributed by atoms with Crippen molar-refractivity contribution in [3.8, 4) is 0 Å². The zero-order chi connectivity index (χ0) is 15.5. The van der Waals surface area contributed by atoms with Crippen molar-refractivity contribution in [2.75, 3.05) is 5.32 Å². The van der Waals surface area contributed by atoms with Crippen molar-refractivity contribution >= 4 is 23.2 Å². The monoisotopic (exact) mass is 304 g/mol. The van der Waals surface area contributed by atoms with Crippen molar-refractivity contribution in [3.05, 3.63) is 58.9 Å². The fourth-order valence-electron chi connectivity index (χ4n) is 1.94. The van der Waals surface area contributed by atoms with Gasteiger partial charge in [-0.1, -0.05) is 23.7 Å². The van der Waals surface area contributed by atoms with E-state index in [0.717, 1.165) is 5.56 Å². The number of carbonyl (C=O) groups is 1. The highest BCUT2D eigenvalue weighted by Crippen LogP contribution is 2.27. The van der Waals surface area contributed by atoms with Crippen LogP contribution in [-0.2, 0) is 16.8 Å². The minimum Gasteiger partial charge on any atom is -0.392 e. The molecule has 2 N–H and O–H groups in total. The van der Waals surface area contributed by atoms with Gasteiger partial charge in [0.05, 0.1) is 23.9 Å². The van der Waals surface area contributed by atoms with E-state index in [2.05, 4.69) is 10.3 Å². The lowest BCUT2D eigenvalue weighted by Crippen LogP contribution is -2.34. The topological polar surface area (TPSA) is 62.2 Å². The van der Waals surface area contributed by atoms with Crippen LogP contribution in [0.1, 0.15) is 25.0 Å². The molecule has 4 nitrogen and oxygen atoms in total. The van der Waals surface area contributed by atoms with E-state index >= 15 is 0 Å². The minimum atomic E-state index is -0.736. The Hall–Kier alpha value is -1.91. The molecule has 0 saturated heterocycles. The normalized spacial score (nSPS) is 11.2. The van der Waals surface area contributed by atoms with Crippen LogP contribution in [0.15, 0.2) is 42.7 Å². The zero-order valence-corrected chi connectivity index (χ0v) is 12.7. The van der Waals surface area contributed by atoms with Gasteiger partial charge in [0, 0.05) is 11.2 Å². The van der Waals surface area contributed by atoms with Gasteiger partial charge in [-0.15, -0.1) is 0 Å². The van der Waals surface area contributed by atoms with Crippen LogP contribution in [-0.4, -0.2) is 16.0 Å². The van der Waals surface area contributed by atoms with Crippen molar-refractivity contribution in [2.45, 2.75) is 25.9 Å². The molecule has 5 heteroatoms. The number of amides is 1. The number of hydrogen-bond donors (Lipinski definition) is 2. The first-order chi connectivity index (χ1) is 9.93. The molecule has 0 aliphatic rings. The third-order valence-corrected chi connectivity index (χ3v) is 3.58. The van der Waals surface area contributed by atoms with Gasteiger partial charge in [-0.05, 0) is 43.2 Å². The first kappa shape index (κ1) is 15.5. The Kier molecular flexibility index (Phi) is 4.60. The van der Waals surface area contributed by atoms with Gasteiger partial charge in [0.25, 0.3) is 0 Å². The summed E-state index contributed by atoms with van der Waals surface area (Å²) in [6, 6.07) is 8.94. The summed E-state index contributed by atoms with van der Waals surface area (Å²) in [4.78, 5) is 16.5. The molecule has 0 atom stereocenters. The molecule has 21 heavy (non-hydrogen) atoms. The first-order valence-corrected chi connectivity index (χ1v) is 6.93. The first-order valence-electron chi connectivity index (χ1n) is 6.56. The third kappa shape index (κ3) is 3.60. The Bertz CT molecular complexity index is 656. The van der Waals surface area contributed by atoms with Crippen molar-refractivity contribution in [2.24, 2.45) is 0 Å². The molecule has 0 saturated carbocycles. The van der Waals surface area contributed by atoms with Crippen molar-refractivity contribution in [3.63, 3.8) is 0 Å². The van der Waals surface area contributed by atoms with Gasteiger partial charge in [0.15, 0.2) is 0 Å². The van der Waals surface area contributed by atoms with E-state index in [1.54, 1.807) is 30.6 Å². The molecule has 0 fully saturated rings. The Morgan fingerprint density at radius 3 is 2.76 bits per heavy atom. The number of carbonyl (C=O) groups excluding carboxylic acids is 1. The van der Waals surface area contributed by atoms with Gasteiger partial charge in [0.1, 0.15) is 0 Å². The number of benzene rings is 1. The molecule has 2 rings (SSSR count). The average molecular weight is 305 g/mol. The molecular formula is C16H17ClN2O2. The molecule has 0 unspecified atom stereocenters. The highest BCUT2D eigenvalue weighted by atomic mass is 35.5. The molecule has 0 bridgehead atoms. The SMILES string of the molecule is CC(C)(C(=O)Nc1cncc(CO)c1)c1cccc(Cl)c1. The summed E-state index contributed by atoms with van der Waals surface area (Å²) in [6.07, 6.45) is 3.10. The molecule has 0 aliphatic heterocycles. The van der Waals surface area contributed by atoms with Gasteiger partial charge in [0.2, 0.25) is 5.91 Å². The van der Waals surface area contributed by atoms with E-state index in [1.807, 2.05) is 26.0 Å². The summed E-state index contributed by atoms with van der Waals surface area (Å²) in [5.74, 6) is -0.165. The highest BCUT2D eigenvalue weighted by molar-refractivity contribution is 6.30. The Morgan fingerprint density at radius 2 is 2.10 bits per heavy atom. The molecule has 2 aromatic rings. The molecule has 0 radical (unpaired) electrons. The number of pyridine rings is 1. The van der Waals surface area contributed by atoms with E-state index in [9.17, 15) is 4.79 Å². The molecule has 110 valence electrons. The van der Waals surface area contributed by atoms with Crippen molar-refractivity contribution < 1.29 is 9.90 Å². The van der Waals surface area contributed by atoms with Crippen LogP contribution in [0.2, 0.25) is 5.02 Å². The molecule has 1 aromatic heterocycles. The van der Waals surface area contributed by atoms with Crippen LogP contribution in [0.3, 0.4) is 0 Å². The number of aromatic nitrogens is 1. The standard InChI is InChI=1S/C16H17ClN2O2/c1-16(2,12-4-3-5-13(17)7-12)15(21)19-14-6-11(10-20)8-18-9-14/h3-9,20H,10H2,1-2H3,(H,19,21). The van der Waals surface area contributed by atoms with Gasteiger partial charge in [-0.3, -0.25) is 9.78 Å². The number of rotatable bonds is 4. The number of aliphatic hydroxyl groups excluding tert-OH is 1. The van der Waals surface area contributed by atoms with Crippen LogP contribution in [0.25, 0.3) is 0 Å². The molecule has 0 aliphatic carbocycles. The lowest BCUT2D eigenvalue weighted by atomic mass is 9.83. The smallest absolute Gasteiger partial charge is 0.234 e. The minimum absolute atomic E-state index is 0.117. The van der Waals surface area contributed by atoms with Crippen molar-refractivity contribution in [1.82, 2.24) is 4.98 Å². The van der Waals surface area contributed by atoms with Crippen LogP contribution in [0, 0.1) is 0 Å². The molecule has 0 spiro atoms. The summed E-state index contributed by atoms with van der Waals surface area (Å²) in [5.41, 5.74) is 1.30. The van der Waals surface area contributed by atoms with Crippen LogP contribution in [0.4, 0.5) is 5.69 Å². The number of hydrogen-bond acceptors (Lipinski definition) is 3. The highest BCUT2D eigenvalue weighted by Gasteiger charge is 2.30. The Labute approximate surface area is 128 Å². The second-order valence-electron chi connectivity index (χ2n) is 5.33. The summed E-state index contributed by atoms with van der Waals surface area (Å²) < 4.78 is 0.